The highest BCUT2D eigenvalue weighted by Crippen LogP contribution is 2.39. The third-order valence-electron chi connectivity index (χ3n) is 7.21. The van der Waals surface area contributed by atoms with E-state index in [1.54, 1.807) is 21.6 Å². The van der Waals surface area contributed by atoms with Gasteiger partial charge in [-0.3, -0.25) is 0 Å². The molecule has 0 spiro atoms. The number of carbonyl (C=O) groups excluding carboxylic acids is 1. The number of nitrogens with zero attached hydrogens (tertiary/aromatic N) is 6. The Balaban J connectivity index is 1.16. The third kappa shape index (κ3) is 7.42. The summed E-state index contributed by atoms with van der Waals surface area (Å²) in [5.41, 5.74) is -0.237. The fourth-order valence-electron chi connectivity index (χ4n) is 4.47. The molecule has 2 aliphatic heterocycles. The summed E-state index contributed by atoms with van der Waals surface area (Å²) in [4.78, 5) is 27.0. The number of amides is 1. The first-order valence-corrected chi connectivity index (χ1v) is 14.5. The van der Waals surface area contributed by atoms with Gasteiger partial charge in [0.1, 0.15) is 11.4 Å². The maximum absolute atomic E-state index is 12.6. The van der Waals surface area contributed by atoms with Gasteiger partial charge < -0.3 is 24.2 Å². The molecule has 4 rings (SSSR count). The average molecular weight is 525 g/mol. The smallest absolute Gasteiger partial charge is 0.410 e. The van der Waals surface area contributed by atoms with Crippen LogP contribution in [0.4, 0.5) is 10.6 Å². The highest BCUT2D eigenvalue weighted by atomic mass is 32.2. The molecule has 1 aliphatic carbocycles. The molecule has 3 heterocycles. The average Bonchev–Trinajstić information content (AvgIpc) is 3.59. The van der Waals surface area contributed by atoms with Gasteiger partial charge >= 0.3 is 6.09 Å². The Morgan fingerprint density at radius 1 is 1.08 bits per heavy atom. The number of aromatic nitrogens is 2. The molecule has 11 nitrogen and oxygen atoms in total. The second-order valence-corrected chi connectivity index (χ2v) is 12.7. The van der Waals surface area contributed by atoms with Gasteiger partial charge in [-0.25, -0.2) is 23.2 Å². The Hall–Kier alpha value is -2.18. The predicted molar refractivity (Wildman–Crippen MR) is 137 cm³/mol. The van der Waals surface area contributed by atoms with Crippen LogP contribution in [-0.2, 0) is 14.8 Å². The lowest BCUT2D eigenvalue weighted by Gasteiger charge is -2.34. The lowest BCUT2D eigenvalue weighted by molar-refractivity contribution is 0.0454. The van der Waals surface area contributed by atoms with Crippen molar-refractivity contribution in [3.63, 3.8) is 0 Å². The van der Waals surface area contributed by atoms with Crippen LogP contribution in [0.3, 0.4) is 0 Å². The maximum atomic E-state index is 12.6. The molecule has 1 amide bonds. The summed E-state index contributed by atoms with van der Waals surface area (Å²) in [5, 5.41) is 0. The van der Waals surface area contributed by atoms with Crippen LogP contribution in [0.2, 0.25) is 0 Å². The zero-order chi connectivity index (χ0) is 25.8. The van der Waals surface area contributed by atoms with Crippen molar-refractivity contribution in [1.82, 2.24) is 24.1 Å². The molecule has 1 saturated carbocycles. The summed E-state index contributed by atoms with van der Waals surface area (Å²) >= 11 is 0. The van der Waals surface area contributed by atoms with E-state index in [0.717, 1.165) is 38.0 Å². The molecule has 0 unspecified atom stereocenters. The summed E-state index contributed by atoms with van der Waals surface area (Å²) in [6.45, 7) is 6.73. The van der Waals surface area contributed by atoms with Crippen LogP contribution in [0.15, 0.2) is 12.4 Å². The number of piperidine rings is 1. The highest BCUT2D eigenvalue weighted by Gasteiger charge is 2.43. The van der Waals surface area contributed by atoms with E-state index in [0.29, 0.717) is 64.1 Å². The second kappa shape index (κ2) is 11.5. The monoisotopic (exact) mass is 524 g/mol. The van der Waals surface area contributed by atoms with Gasteiger partial charge in [0.25, 0.3) is 0 Å². The molecule has 0 radical (unpaired) electrons. The van der Waals surface area contributed by atoms with E-state index in [1.165, 1.54) is 0 Å². The number of carbonyl (C=O) groups is 1. The molecule has 36 heavy (non-hydrogen) atoms. The molecular weight excluding hydrogens is 484 g/mol. The quantitative estimate of drug-likeness (QED) is 0.451. The Bertz CT molecular complexity index is 969. The lowest BCUT2D eigenvalue weighted by atomic mass is 9.98. The van der Waals surface area contributed by atoms with Crippen LogP contribution < -0.4 is 9.64 Å². The largest absolute Gasteiger partial charge is 0.476 e. The number of hydrogen-bond acceptors (Lipinski definition) is 9. The number of ether oxygens (including phenoxy) is 2. The SMILES string of the molecule is CN(C)CCCS(=O)(=O)N1CCN(c2cnc(OCC3CCN(C(=O)OC4(C)CC4)CC3)cn2)CC1. The van der Waals surface area contributed by atoms with Crippen LogP contribution in [0.5, 0.6) is 5.88 Å². The number of piperazine rings is 1. The van der Waals surface area contributed by atoms with Crippen molar-refractivity contribution in [3.05, 3.63) is 12.4 Å². The Kier molecular flexibility index (Phi) is 8.56. The third-order valence-corrected chi connectivity index (χ3v) is 9.16. The van der Waals surface area contributed by atoms with Gasteiger partial charge in [0.2, 0.25) is 15.9 Å². The fourth-order valence-corrected chi connectivity index (χ4v) is 5.95. The van der Waals surface area contributed by atoms with Crippen molar-refractivity contribution >= 4 is 21.9 Å². The van der Waals surface area contributed by atoms with Crippen LogP contribution in [-0.4, -0.2) is 116 Å². The normalized spacial score (nSPS) is 21.0. The van der Waals surface area contributed by atoms with Gasteiger partial charge in [0.05, 0.1) is 24.8 Å². The molecule has 0 aromatic carbocycles. The Morgan fingerprint density at radius 2 is 1.78 bits per heavy atom. The minimum Gasteiger partial charge on any atom is -0.476 e. The number of hydrogen-bond donors (Lipinski definition) is 0. The van der Waals surface area contributed by atoms with E-state index in [-0.39, 0.29) is 17.4 Å². The molecule has 12 heteroatoms. The number of sulfonamides is 1. The molecule has 0 bridgehead atoms. The van der Waals surface area contributed by atoms with Crippen molar-refractivity contribution in [3.8, 4) is 5.88 Å². The summed E-state index contributed by atoms with van der Waals surface area (Å²) in [6.07, 6.45) is 7.42. The Morgan fingerprint density at radius 3 is 2.36 bits per heavy atom. The van der Waals surface area contributed by atoms with Crippen molar-refractivity contribution in [2.75, 3.05) is 77.2 Å². The first-order valence-electron chi connectivity index (χ1n) is 12.9. The Labute approximate surface area is 214 Å². The van der Waals surface area contributed by atoms with Crippen LogP contribution in [0, 0.1) is 5.92 Å². The molecule has 0 N–H and O–H groups in total. The van der Waals surface area contributed by atoms with Gasteiger partial charge in [0, 0.05) is 39.3 Å². The topological polar surface area (TPSA) is 108 Å². The van der Waals surface area contributed by atoms with Gasteiger partial charge in [-0.05, 0) is 65.6 Å². The van der Waals surface area contributed by atoms with Gasteiger partial charge in [-0.15, -0.1) is 0 Å². The second-order valence-electron chi connectivity index (χ2n) is 10.6. The first-order chi connectivity index (χ1) is 17.1. The molecule has 2 saturated heterocycles. The van der Waals surface area contributed by atoms with E-state index >= 15 is 0 Å². The van der Waals surface area contributed by atoms with E-state index in [1.807, 2.05) is 25.9 Å². The maximum Gasteiger partial charge on any atom is 0.410 e. The zero-order valence-electron chi connectivity index (χ0n) is 21.8. The molecular formula is C24H40N6O5S. The summed E-state index contributed by atoms with van der Waals surface area (Å²) < 4.78 is 38.2. The first kappa shape index (κ1) is 26.9. The summed E-state index contributed by atoms with van der Waals surface area (Å²) in [7, 11) is 0.665. The highest BCUT2D eigenvalue weighted by molar-refractivity contribution is 7.89. The predicted octanol–water partition coefficient (Wildman–Crippen LogP) is 1.66. The van der Waals surface area contributed by atoms with Gasteiger partial charge in [-0.1, -0.05) is 0 Å². The minimum absolute atomic E-state index is 0.180. The van der Waals surface area contributed by atoms with E-state index < -0.39 is 10.0 Å². The van der Waals surface area contributed by atoms with Gasteiger partial charge in [0.15, 0.2) is 0 Å². The van der Waals surface area contributed by atoms with E-state index in [9.17, 15) is 13.2 Å². The fraction of sp³-hybridized carbons (Fsp3) is 0.792. The van der Waals surface area contributed by atoms with Crippen LogP contribution in [0.1, 0.15) is 39.0 Å². The van der Waals surface area contributed by atoms with Crippen molar-refractivity contribution in [1.29, 1.82) is 0 Å². The molecule has 3 fully saturated rings. The van der Waals surface area contributed by atoms with Crippen molar-refractivity contribution in [2.24, 2.45) is 5.92 Å². The minimum atomic E-state index is -3.23. The zero-order valence-corrected chi connectivity index (χ0v) is 22.6. The molecule has 3 aliphatic rings. The molecule has 202 valence electrons. The van der Waals surface area contributed by atoms with E-state index in [2.05, 4.69) is 14.9 Å². The molecule has 1 aromatic rings. The van der Waals surface area contributed by atoms with Crippen molar-refractivity contribution in [2.45, 2.75) is 44.6 Å². The molecule has 1 aromatic heterocycles. The summed E-state index contributed by atoms with van der Waals surface area (Å²) in [6, 6.07) is 0. The van der Waals surface area contributed by atoms with E-state index in [4.69, 9.17) is 9.47 Å². The number of anilines is 1. The van der Waals surface area contributed by atoms with Crippen LogP contribution >= 0.6 is 0 Å². The number of rotatable bonds is 10. The van der Waals surface area contributed by atoms with Gasteiger partial charge in [-0.2, -0.15) is 4.31 Å². The van der Waals surface area contributed by atoms with Crippen molar-refractivity contribution < 1.29 is 22.7 Å². The number of likely N-dealkylation sites (tertiary alicyclic amines) is 1. The molecule has 0 atom stereocenters. The summed E-state index contributed by atoms with van der Waals surface area (Å²) in [5.74, 6) is 1.74. The van der Waals surface area contributed by atoms with Crippen LogP contribution in [0.25, 0.3) is 0 Å². The standard InChI is InChI=1S/C24H40N6O5S/c1-24(7-8-24)35-23(31)29-10-5-20(6-11-29)19-34-22-18-25-21(17-26-22)28-12-14-30(15-13-28)36(32,33)16-4-9-27(2)3/h17-18,20H,4-16,19H2,1-3H3. The lowest BCUT2D eigenvalue weighted by Crippen LogP contribution is -2.49.